The second-order valence-electron chi connectivity index (χ2n) is 5.49. The number of nitrogens with zero attached hydrogens (tertiary/aromatic N) is 1. The zero-order chi connectivity index (χ0) is 15.5. The molecule has 1 saturated heterocycles. The van der Waals surface area contributed by atoms with E-state index in [4.69, 9.17) is 16.3 Å². The van der Waals surface area contributed by atoms with Gasteiger partial charge in [0.15, 0.2) is 0 Å². The highest BCUT2D eigenvalue weighted by Crippen LogP contribution is 2.35. The summed E-state index contributed by atoms with van der Waals surface area (Å²) >= 11 is 8.08. The first-order chi connectivity index (χ1) is 10.6. The predicted molar refractivity (Wildman–Crippen MR) is 97.8 cm³/mol. The quantitative estimate of drug-likeness (QED) is 0.892. The summed E-state index contributed by atoms with van der Waals surface area (Å²) in [6, 6.07) is 8.05. The molecule has 1 unspecified atom stereocenters. The number of rotatable bonds is 4. The van der Waals surface area contributed by atoms with E-state index in [0.717, 1.165) is 33.1 Å². The highest BCUT2D eigenvalue weighted by atomic mass is 35.5. The van der Waals surface area contributed by atoms with Crippen LogP contribution in [-0.4, -0.2) is 43.7 Å². The second-order valence-corrected chi connectivity index (χ2v) is 7.00. The summed E-state index contributed by atoms with van der Waals surface area (Å²) in [5.41, 5.74) is 0. The van der Waals surface area contributed by atoms with Gasteiger partial charge < -0.3 is 15.0 Å². The third-order valence-corrected chi connectivity index (χ3v) is 5.51. The van der Waals surface area contributed by atoms with Gasteiger partial charge in [0.05, 0.1) is 30.7 Å². The fourth-order valence-electron chi connectivity index (χ4n) is 2.57. The molecule has 23 heavy (non-hydrogen) atoms. The van der Waals surface area contributed by atoms with Crippen LogP contribution in [0.15, 0.2) is 24.3 Å². The molecule has 1 fully saturated rings. The van der Waals surface area contributed by atoms with Crippen molar-refractivity contribution in [3.63, 3.8) is 0 Å². The molecule has 0 aliphatic carbocycles. The minimum Gasteiger partial charge on any atom is -0.375 e. The summed E-state index contributed by atoms with van der Waals surface area (Å²) < 4.78 is 6.74. The highest BCUT2D eigenvalue weighted by Gasteiger charge is 2.21. The molecule has 0 saturated carbocycles. The first-order valence-electron chi connectivity index (χ1n) is 7.37. The molecule has 0 spiro atoms. The zero-order valence-electron chi connectivity index (χ0n) is 12.9. The Morgan fingerprint density at radius 2 is 2.26 bits per heavy atom. The van der Waals surface area contributed by atoms with Crippen molar-refractivity contribution in [2.75, 3.05) is 26.7 Å². The molecule has 3 rings (SSSR count). The van der Waals surface area contributed by atoms with Gasteiger partial charge in [-0.1, -0.05) is 29.8 Å². The van der Waals surface area contributed by atoms with E-state index in [2.05, 4.69) is 11.4 Å². The molecule has 1 aliphatic rings. The molecule has 1 N–H and O–H groups in total. The van der Waals surface area contributed by atoms with Gasteiger partial charge in [-0.3, -0.25) is 4.79 Å². The van der Waals surface area contributed by atoms with E-state index in [9.17, 15) is 4.79 Å². The molecule has 126 valence electrons. The number of nitrogens with one attached hydrogen (secondary N) is 1. The Labute approximate surface area is 151 Å². The predicted octanol–water partition coefficient (Wildman–Crippen LogP) is 3.31. The number of hydrogen-bond acceptors (Lipinski definition) is 4. The lowest BCUT2D eigenvalue weighted by atomic mass is 10.2. The largest absolute Gasteiger partial charge is 0.375 e. The van der Waals surface area contributed by atoms with Gasteiger partial charge in [-0.25, -0.2) is 0 Å². The van der Waals surface area contributed by atoms with Crippen LogP contribution in [0, 0.1) is 0 Å². The first kappa shape index (κ1) is 18.5. The van der Waals surface area contributed by atoms with Crippen molar-refractivity contribution in [3.05, 3.63) is 34.2 Å². The van der Waals surface area contributed by atoms with Crippen LogP contribution >= 0.6 is 35.3 Å². The van der Waals surface area contributed by atoms with Crippen molar-refractivity contribution in [3.8, 4) is 0 Å². The molecule has 1 atom stereocenters. The molecule has 1 aromatic carbocycles. The minimum atomic E-state index is -0.0263. The van der Waals surface area contributed by atoms with Crippen molar-refractivity contribution in [1.29, 1.82) is 0 Å². The van der Waals surface area contributed by atoms with Gasteiger partial charge in [0.25, 0.3) is 0 Å². The Morgan fingerprint density at radius 3 is 2.96 bits per heavy atom. The lowest BCUT2D eigenvalue weighted by molar-refractivity contribution is -0.133. The Bertz CT molecular complexity index is 671. The summed E-state index contributed by atoms with van der Waals surface area (Å²) in [5.74, 6) is 0.0854. The van der Waals surface area contributed by atoms with Gasteiger partial charge in [-0.05, 0) is 6.07 Å². The molecule has 2 aromatic rings. The molecule has 0 radical (unpaired) electrons. The molecular formula is C16H20Cl2N2O2S. The van der Waals surface area contributed by atoms with Crippen molar-refractivity contribution < 1.29 is 9.53 Å². The standard InChI is InChI=1S/C16H19ClN2O2S.ClH/c1-19(15(20)8-11-9-18-6-7-21-11)10-14-16(17)12-4-2-3-5-13(12)22-14;/h2-5,11,18H,6-10H2,1H3;1H. The number of benzene rings is 1. The Hall–Kier alpha value is -0.850. The molecule has 7 heteroatoms. The Balaban J connectivity index is 0.00000192. The van der Waals surface area contributed by atoms with E-state index >= 15 is 0 Å². The van der Waals surface area contributed by atoms with Crippen molar-refractivity contribution in [2.45, 2.75) is 19.1 Å². The van der Waals surface area contributed by atoms with Gasteiger partial charge in [-0.2, -0.15) is 0 Å². The van der Waals surface area contributed by atoms with Crippen LogP contribution in [0.3, 0.4) is 0 Å². The summed E-state index contributed by atoms with van der Waals surface area (Å²) in [7, 11) is 1.82. The third-order valence-electron chi connectivity index (χ3n) is 3.81. The number of carbonyl (C=O) groups is 1. The van der Waals surface area contributed by atoms with E-state index in [1.54, 1.807) is 16.2 Å². The molecule has 1 aliphatic heterocycles. The van der Waals surface area contributed by atoms with Crippen LogP contribution in [0.5, 0.6) is 0 Å². The molecule has 1 aromatic heterocycles. The molecule has 4 nitrogen and oxygen atoms in total. The highest BCUT2D eigenvalue weighted by molar-refractivity contribution is 7.19. The van der Waals surface area contributed by atoms with Crippen LogP contribution in [0.4, 0.5) is 0 Å². The number of fused-ring (bicyclic) bond motifs is 1. The number of morpholine rings is 1. The Morgan fingerprint density at radius 1 is 1.48 bits per heavy atom. The average molecular weight is 375 g/mol. The van der Waals surface area contributed by atoms with E-state index in [1.807, 2.05) is 25.2 Å². The van der Waals surface area contributed by atoms with Gasteiger partial charge in [0.1, 0.15) is 0 Å². The van der Waals surface area contributed by atoms with Gasteiger partial charge >= 0.3 is 0 Å². The number of carbonyl (C=O) groups excluding carboxylic acids is 1. The maximum absolute atomic E-state index is 12.3. The van der Waals surface area contributed by atoms with E-state index < -0.39 is 0 Å². The second kappa shape index (κ2) is 8.31. The SMILES string of the molecule is CN(Cc1sc2ccccc2c1Cl)C(=O)CC1CNCCO1.Cl. The topological polar surface area (TPSA) is 41.6 Å². The van der Waals surface area contributed by atoms with Crippen LogP contribution < -0.4 is 5.32 Å². The van der Waals surface area contributed by atoms with Crippen molar-refractivity contribution in [2.24, 2.45) is 0 Å². The lowest BCUT2D eigenvalue weighted by Crippen LogP contribution is -2.41. The average Bonchev–Trinajstić information content (AvgIpc) is 2.85. The number of hydrogen-bond donors (Lipinski definition) is 1. The van der Waals surface area contributed by atoms with Crippen LogP contribution in [0.1, 0.15) is 11.3 Å². The first-order valence-corrected chi connectivity index (χ1v) is 8.57. The van der Waals surface area contributed by atoms with Crippen molar-refractivity contribution in [1.82, 2.24) is 10.2 Å². The van der Waals surface area contributed by atoms with Gasteiger partial charge in [0, 0.05) is 35.1 Å². The molecular weight excluding hydrogens is 355 g/mol. The summed E-state index contributed by atoms with van der Waals surface area (Å²) in [5, 5.41) is 5.06. The van der Waals surface area contributed by atoms with Gasteiger partial charge in [-0.15, -0.1) is 23.7 Å². The zero-order valence-corrected chi connectivity index (χ0v) is 15.3. The number of halogens is 2. The van der Waals surface area contributed by atoms with E-state index in [-0.39, 0.29) is 24.4 Å². The smallest absolute Gasteiger partial charge is 0.225 e. The summed E-state index contributed by atoms with van der Waals surface area (Å²) in [6.07, 6.45) is 0.382. The van der Waals surface area contributed by atoms with Gasteiger partial charge in [0.2, 0.25) is 5.91 Å². The monoisotopic (exact) mass is 374 g/mol. The van der Waals surface area contributed by atoms with Crippen molar-refractivity contribution >= 4 is 51.3 Å². The fraction of sp³-hybridized carbons (Fsp3) is 0.438. The van der Waals surface area contributed by atoms with Crippen LogP contribution in [0.25, 0.3) is 10.1 Å². The van der Waals surface area contributed by atoms with Crippen LogP contribution in [0.2, 0.25) is 5.02 Å². The number of amides is 1. The maximum atomic E-state index is 12.3. The number of thiophene rings is 1. The normalized spacial score (nSPS) is 17.7. The molecule has 0 bridgehead atoms. The fourth-order valence-corrected chi connectivity index (χ4v) is 4.12. The lowest BCUT2D eigenvalue weighted by Gasteiger charge is -2.25. The summed E-state index contributed by atoms with van der Waals surface area (Å²) in [6.45, 7) is 2.81. The molecule has 1 amide bonds. The summed E-state index contributed by atoms with van der Waals surface area (Å²) in [4.78, 5) is 15.1. The maximum Gasteiger partial charge on any atom is 0.225 e. The Kier molecular flexibility index (Phi) is 6.68. The molecule has 2 heterocycles. The number of ether oxygens (including phenoxy) is 1. The van der Waals surface area contributed by atoms with E-state index in [1.165, 1.54) is 0 Å². The third kappa shape index (κ3) is 4.37. The van der Waals surface area contributed by atoms with Crippen LogP contribution in [-0.2, 0) is 16.1 Å². The van der Waals surface area contributed by atoms with E-state index in [0.29, 0.717) is 19.6 Å². The minimum absolute atomic E-state index is 0.